The van der Waals surface area contributed by atoms with Gasteiger partial charge in [0.05, 0.1) is 10.6 Å². The first-order chi connectivity index (χ1) is 9.70. The summed E-state index contributed by atoms with van der Waals surface area (Å²) < 4.78 is 28.6. The molecular weight excluding hydrogens is 352 g/mol. The molecule has 0 heterocycles. The van der Waals surface area contributed by atoms with Crippen LogP contribution in [0.25, 0.3) is 0 Å². The van der Waals surface area contributed by atoms with Crippen LogP contribution in [0.4, 0.5) is 11.4 Å². The highest BCUT2D eigenvalue weighted by Gasteiger charge is 2.17. The standard InChI is InChI=1S/C15H17BrN2O2S/c1-9-8-13(4-5-14(9)17)21(19,20)18-15-10(2)6-12(16)7-11(15)3/h4-8,18H,17H2,1-3H3. The third kappa shape index (κ3) is 3.39. The Labute approximate surface area is 133 Å². The van der Waals surface area contributed by atoms with Crippen LogP contribution in [-0.2, 0) is 10.0 Å². The van der Waals surface area contributed by atoms with Gasteiger partial charge in [0.2, 0.25) is 0 Å². The topological polar surface area (TPSA) is 72.2 Å². The first kappa shape index (κ1) is 15.9. The van der Waals surface area contributed by atoms with Crippen LogP contribution >= 0.6 is 15.9 Å². The van der Waals surface area contributed by atoms with Crippen molar-refractivity contribution in [2.45, 2.75) is 25.7 Å². The van der Waals surface area contributed by atoms with Crippen LogP contribution in [-0.4, -0.2) is 8.42 Å². The Balaban J connectivity index is 2.44. The van der Waals surface area contributed by atoms with E-state index in [9.17, 15) is 8.42 Å². The molecule has 4 nitrogen and oxygen atoms in total. The lowest BCUT2D eigenvalue weighted by molar-refractivity contribution is 0.601. The average molecular weight is 369 g/mol. The molecule has 0 spiro atoms. The first-order valence-corrected chi connectivity index (χ1v) is 8.64. The molecule has 0 bridgehead atoms. The number of hydrogen-bond acceptors (Lipinski definition) is 3. The molecule has 0 radical (unpaired) electrons. The minimum absolute atomic E-state index is 0.205. The van der Waals surface area contributed by atoms with Gasteiger partial charge in [-0.05, 0) is 67.8 Å². The molecule has 2 rings (SSSR count). The second-order valence-electron chi connectivity index (χ2n) is 5.04. The number of halogens is 1. The molecule has 0 saturated heterocycles. The van der Waals surface area contributed by atoms with E-state index in [1.165, 1.54) is 6.07 Å². The lowest BCUT2D eigenvalue weighted by Crippen LogP contribution is -2.15. The van der Waals surface area contributed by atoms with Gasteiger partial charge in [-0.15, -0.1) is 0 Å². The number of hydrogen-bond donors (Lipinski definition) is 2. The summed E-state index contributed by atoms with van der Waals surface area (Å²) in [5, 5.41) is 0. The van der Waals surface area contributed by atoms with E-state index in [0.29, 0.717) is 11.4 Å². The number of sulfonamides is 1. The van der Waals surface area contributed by atoms with Gasteiger partial charge in [-0.3, -0.25) is 4.72 Å². The maximum absolute atomic E-state index is 12.5. The third-order valence-electron chi connectivity index (χ3n) is 3.29. The summed E-state index contributed by atoms with van der Waals surface area (Å²) in [6.45, 7) is 5.51. The number of aryl methyl sites for hydroxylation is 3. The van der Waals surface area contributed by atoms with Gasteiger partial charge in [-0.2, -0.15) is 0 Å². The van der Waals surface area contributed by atoms with Crippen LogP contribution < -0.4 is 10.5 Å². The predicted molar refractivity (Wildman–Crippen MR) is 90.0 cm³/mol. The summed E-state index contributed by atoms with van der Waals surface area (Å²) in [5.41, 5.74) is 9.36. The molecule has 2 aromatic carbocycles. The third-order valence-corrected chi connectivity index (χ3v) is 5.09. The fourth-order valence-electron chi connectivity index (χ4n) is 2.08. The molecule has 0 fully saturated rings. The Morgan fingerprint density at radius 3 is 2.10 bits per heavy atom. The maximum atomic E-state index is 12.5. The van der Waals surface area contributed by atoms with Crippen molar-refractivity contribution in [2.24, 2.45) is 0 Å². The zero-order valence-corrected chi connectivity index (χ0v) is 14.5. The van der Waals surface area contributed by atoms with Crippen molar-refractivity contribution in [2.75, 3.05) is 10.5 Å². The minimum atomic E-state index is -3.63. The summed E-state index contributed by atoms with van der Waals surface area (Å²) in [6, 6.07) is 8.43. The molecule has 2 aromatic rings. The molecule has 6 heteroatoms. The molecule has 0 aliphatic rings. The van der Waals surface area contributed by atoms with Crippen molar-refractivity contribution in [3.8, 4) is 0 Å². The van der Waals surface area contributed by atoms with E-state index < -0.39 is 10.0 Å². The summed E-state index contributed by atoms with van der Waals surface area (Å²) >= 11 is 3.40. The van der Waals surface area contributed by atoms with Crippen LogP contribution in [0.1, 0.15) is 16.7 Å². The number of nitrogens with one attached hydrogen (secondary N) is 1. The SMILES string of the molecule is Cc1cc(S(=O)(=O)Nc2c(C)cc(Br)cc2C)ccc1N. The van der Waals surface area contributed by atoms with Crippen molar-refractivity contribution < 1.29 is 8.42 Å². The molecule has 0 aliphatic heterocycles. The van der Waals surface area contributed by atoms with Gasteiger partial charge in [-0.25, -0.2) is 8.42 Å². The predicted octanol–water partition coefficient (Wildman–Crippen LogP) is 3.76. The molecule has 112 valence electrons. The first-order valence-electron chi connectivity index (χ1n) is 6.36. The molecule has 0 unspecified atom stereocenters. The van der Waals surface area contributed by atoms with E-state index >= 15 is 0 Å². The van der Waals surface area contributed by atoms with E-state index in [1.54, 1.807) is 19.1 Å². The van der Waals surface area contributed by atoms with Gasteiger partial charge in [0, 0.05) is 10.2 Å². The maximum Gasteiger partial charge on any atom is 0.261 e. The average Bonchev–Trinajstić information content (AvgIpc) is 2.37. The van der Waals surface area contributed by atoms with Crippen LogP contribution in [0.15, 0.2) is 39.7 Å². The van der Waals surface area contributed by atoms with Gasteiger partial charge in [0.1, 0.15) is 0 Å². The largest absolute Gasteiger partial charge is 0.399 e. The van der Waals surface area contributed by atoms with Crippen molar-refractivity contribution in [3.63, 3.8) is 0 Å². The van der Waals surface area contributed by atoms with Gasteiger partial charge < -0.3 is 5.73 Å². The highest BCUT2D eigenvalue weighted by atomic mass is 79.9. The fraction of sp³-hybridized carbons (Fsp3) is 0.200. The van der Waals surface area contributed by atoms with E-state index in [1.807, 2.05) is 26.0 Å². The Kier molecular flexibility index (Phi) is 4.30. The molecule has 0 aromatic heterocycles. The molecule has 0 amide bonds. The highest BCUT2D eigenvalue weighted by molar-refractivity contribution is 9.10. The smallest absolute Gasteiger partial charge is 0.261 e. The quantitative estimate of drug-likeness (QED) is 0.810. The van der Waals surface area contributed by atoms with Crippen LogP contribution in [0.2, 0.25) is 0 Å². The summed E-state index contributed by atoms with van der Waals surface area (Å²) in [7, 11) is -3.63. The van der Waals surface area contributed by atoms with Crippen LogP contribution in [0.3, 0.4) is 0 Å². The monoisotopic (exact) mass is 368 g/mol. The van der Waals surface area contributed by atoms with Gasteiger partial charge in [0.15, 0.2) is 0 Å². The number of nitrogen functional groups attached to an aromatic ring is 1. The molecule has 0 aliphatic carbocycles. The second kappa shape index (κ2) is 5.69. The van der Waals surface area contributed by atoms with E-state index in [0.717, 1.165) is 21.2 Å². The molecular formula is C15H17BrN2O2S. The van der Waals surface area contributed by atoms with Gasteiger partial charge in [-0.1, -0.05) is 15.9 Å². The van der Waals surface area contributed by atoms with Crippen molar-refractivity contribution >= 4 is 37.3 Å². The van der Waals surface area contributed by atoms with Crippen LogP contribution in [0.5, 0.6) is 0 Å². The van der Waals surface area contributed by atoms with Crippen LogP contribution in [0, 0.1) is 20.8 Å². The number of nitrogens with two attached hydrogens (primary N) is 1. The van der Waals surface area contributed by atoms with Gasteiger partial charge in [0.25, 0.3) is 10.0 Å². The summed E-state index contributed by atoms with van der Waals surface area (Å²) in [5.74, 6) is 0. The number of benzene rings is 2. The Morgan fingerprint density at radius 2 is 1.57 bits per heavy atom. The second-order valence-corrected chi connectivity index (χ2v) is 7.64. The lowest BCUT2D eigenvalue weighted by atomic mass is 10.1. The number of rotatable bonds is 3. The normalized spacial score (nSPS) is 11.4. The molecule has 0 atom stereocenters. The zero-order chi connectivity index (χ0) is 15.8. The lowest BCUT2D eigenvalue weighted by Gasteiger charge is -2.14. The van der Waals surface area contributed by atoms with Crippen molar-refractivity contribution in [1.29, 1.82) is 0 Å². The van der Waals surface area contributed by atoms with E-state index in [2.05, 4.69) is 20.7 Å². The molecule has 3 N–H and O–H groups in total. The summed E-state index contributed by atoms with van der Waals surface area (Å²) in [6.07, 6.45) is 0. The summed E-state index contributed by atoms with van der Waals surface area (Å²) in [4.78, 5) is 0.205. The minimum Gasteiger partial charge on any atom is -0.399 e. The number of anilines is 2. The Hall–Kier alpha value is -1.53. The Bertz CT molecular complexity index is 778. The molecule has 21 heavy (non-hydrogen) atoms. The Morgan fingerprint density at radius 1 is 1.00 bits per heavy atom. The van der Waals surface area contributed by atoms with Crippen molar-refractivity contribution in [1.82, 2.24) is 0 Å². The molecule has 0 saturated carbocycles. The van der Waals surface area contributed by atoms with E-state index in [-0.39, 0.29) is 4.90 Å². The van der Waals surface area contributed by atoms with Gasteiger partial charge >= 0.3 is 0 Å². The fourth-order valence-corrected chi connectivity index (χ4v) is 4.05. The van der Waals surface area contributed by atoms with Crippen molar-refractivity contribution in [3.05, 3.63) is 51.5 Å². The highest BCUT2D eigenvalue weighted by Crippen LogP contribution is 2.28. The van der Waals surface area contributed by atoms with E-state index in [4.69, 9.17) is 5.73 Å². The zero-order valence-electron chi connectivity index (χ0n) is 12.1.